The number of amides is 1. The molecule has 0 fully saturated rings. The summed E-state index contributed by atoms with van der Waals surface area (Å²) in [6.07, 6.45) is 3.56. The van der Waals surface area contributed by atoms with Gasteiger partial charge in [-0.05, 0) is 54.4 Å². The van der Waals surface area contributed by atoms with E-state index in [1.54, 1.807) is 22.9 Å². The van der Waals surface area contributed by atoms with Gasteiger partial charge in [0.05, 0.1) is 18.1 Å². The minimum atomic E-state index is -0.133. The molecule has 0 saturated heterocycles. The maximum atomic E-state index is 13.1. The summed E-state index contributed by atoms with van der Waals surface area (Å²) in [7, 11) is 0. The molecule has 0 radical (unpaired) electrons. The molecule has 3 heterocycles. The van der Waals surface area contributed by atoms with Crippen LogP contribution in [-0.2, 0) is 6.54 Å². The second-order valence-corrected chi connectivity index (χ2v) is 7.80. The van der Waals surface area contributed by atoms with Gasteiger partial charge in [0.1, 0.15) is 5.52 Å². The van der Waals surface area contributed by atoms with E-state index in [0.29, 0.717) is 23.3 Å². The fourth-order valence-electron chi connectivity index (χ4n) is 3.98. The van der Waals surface area contributed by atoms with Crippen molar-refractivity contribution < 1.29 is 4.79 Å². The van der Waals surface area contributed by atoms with Gasteiger partial charge in [-0.2, -0.15) is 0 Å². The third-order valence-electron chi connectivity index (χ3n) is 5.70. The number of aromatic nitrogens is 3. The number of nitrogens with one attached hydrogen (secondary N) is 1. The topological polar surface area (TPSA) is 68.4 Å². The zero-order valence-corrected chi connectivity index (χ0v) is 17.6. The van der Waals surface area contributed by atoms with Gasteiger partial charge >= 0.3 is 0 Å². The quantitative estimate of drug-likeness (QED) is 0.462. The van der Waals surface area contributed by atoms with Crippen molar-refractivity contribution in [3.63, 3.8) is 0 Å². The van der Waals surface area contributed by atoms with Crippen LogP contribution in [0.2, 0.25) is 0 Å². The Kier molecular flexibility index (Phi) is 5.03. The van der Waals surface area contributed by atoms with Gasteiger partial charge in [0.2, 0.25) is 0 Å². The molecule has 158 valence electrons. The number of pyridine rings is 1. The Morgan fingerprint density at radius 1 is 0.938 bits per heavy atom. The predicted molar refractivity (Wildman–Crippen MR) is 125 cm³/mol. The first-order chi connectivity index (χ1) is 15.6. The molecule has 0 aliphatic rings. The molecule has 2 aromatic carbocycles. The van der Waals surface area contributed by atoms with Gasteiger partial charge in [-0.1, -0.05) is 42.5 Å². The number of benzene rings is 2. The highest BCUT2D eigenvalue weighted by Crippen LogP contribution is 2.16. The Bertz CT molecular complexity index is 1470. The van der Waals surface area contributed by atoms with E-state index in [0.717, 1.165) is 16.6 Å². The number of carbonyl (C=O) groups excluding carboxylic acids is 1. The first-order valence-electron chi connectivity index (χ1n) is 10.5. The minimum absolute atomic E-state index is 0.0897. The average molecular weight is 422 g/mol. The van der Waals surface area contributed by atoms with Gasteiger partial charge in [-0.15, -0.1) is 0 Å². The van der Waals surface area contributed by atoms with Crippen LogP contribution in [0.1, 0.15) is 34.5 Å². The Labute approximate surface area is 184 Å². The highest BCUT2D eigenvalue weighted by atomic mass is 16.1. The molecule has 3 aromatic heterocycles. The van der Waals surface area contributed by atoms with Crippen molar-refractivity contribution in [2.75, 3.05) is 0 Å². The van der Waals surface area contributed by atoms with E-state index in [1.165, 1.54) is 0 Å². The summed E-state index contributed by atoms with van der Waals surface area (Å²) >= 11 is 0. The van der Waals surface area contributed by atoms with Crippen LogP contribution in [0.3, 0.4) is 0 Å². The average Bonchev–Trinajstić information content (AvgIpc) is 3.33. The van der Waals surface area contributed by atoms with E-state index in [-0.39, 0.29) is 17.5 Å². The molecule has 5 rings (SSSR count). The van der Waals surface area contributed by atoms with E-state index < -0.39 is 0 Å². The summed E-state index contributed by atoms with van der Waals surface area (Å²) in [5, 5.41) is 3.03. The number of fused-ring (bicyclic) bond motifs is 3. The zero-order valence-electron chi connectivity index (χ0n) is 17.6. The normalized spacial score (nSPS) is 12.2. The van der Waals surface area contributed by atoms with E-state index in [2.05, 4.69) is 10.3 Å². The molecule has 1 N–H and O–H groups in total. The van der Waals surface area contributed by atoms with E-state index in [4.69, 9.17) is 0 Å². The summed E-state index contributed by atoms with van der Waals surface area (Å²) in [5.41, 5.74) is 4.56. The van der Waals surface area contributed by atoms with E-state index >= 15 is 0 Å². The summed E-state index contributed by atoms with van der Waals surface area (Å²) in [4.78, 5) is 30.2. The molecule has 1 atom stereocenters. The Morgan fingerprint density at radius 3 is 2.47 bits per heavy atom. The van der Waals surface area contributed by atoms with Crippen LogP contribution >= 0.6 is 0 Å². The van der Waals surface area contributed by atoms with Crippen molar-refractivity contribution in [2.45, 2.75) is 19.5 Å². The van der Waals surface area contributed by atoms with Crippen LogP contribution < -0.4 is 10.9 Å². The van der Waals surface area contributed by atoms with Gasteiger partial charge < -0.3 is 9.72 Å². The van der Waals surface area contributed by atoms with Gasteiger partial charge in [0, 0.05) is 18.0 Å². The van der Waals surface area contributed by atoms with Crippen LogP contribution in [0.4, 0.5) is 0 Å². The first-order valence-corrected chi connectivity index (χ1v) is 10.5. The zero-order chi connectivity index (χ0) is 22.1. The standard InChI is InChI=1S/C26H22N4O2/c1-18(20-7-3-2-4-8-20)28-25(31)21-13-11-19(12-14-21)17-30-24-22(9-5-15-27-24)29-16-6-10-23(29)26(30)32/h2-16,18H,17H2,1H3,(H,28,31)/t18-/m1/s1. The molecule has 32 heavy (non-hydrogen) atoms. The predicted octanol–water partition coefficient (Wildman–Crippen LogP) is 4.19. The number of nitrogens with zero attached hydrogens (tertiary/aromatic N) is 3. The van der Waals surface area contributed by atoms with E-state index in [1.807, 2.05) is 84.3 Å². The highest BCUT2D eigenvalue weighted by Gasteiger charge is 2.13. The Morgan fingerprint density at radius 2 is 1.69 bits per heavy atom. The van der Waals surface area contributed by atoms with Gasteiger partial charge in [0.15, 0.2) is 5.65 Å². The number of rotatable bonds is 5. The molecule has 0 spiro atoms. The van der Waals surface area contributed by atoms with Crippen molar-refractivity contribution in [2.24, 2.45) is 0 Å². The van der Waals surface area contributed by atoms with Gasteiger partial charge in [-0.3, -0.25) is 14.2 Å². The highest BCUT2D eigenvalue weighted by molar-refractivity contribution is 5.94. The Balaban J connectivity index is 1.40. The maximum absolute atomic E-state index is 13.1. The van der Waals surface area contributed by atoms with Gasteiger partial charge in [0.25, 0.3) is 11.5 Å². The van der Waals surface area contributed by atoms with Crippen molar-refractivity contribution in [3.8, 4) is 0 Å². The molecule has 0 saturated carbocycles. The fourth-order valence-corrected chi connectivity index (χ4v) is 3.98. The van der Waals surface area contributed by atoms with Crippen molar-refractivity contribution in [1.29, 1.82) is 0 Å². The molecule has 6 heteroatoms. The van der Waals surface area contributed by atoms with Crippen LogP contribution in [0.15, 0.2) is 96.1 Å². The molecular formula is C26H22N4O2. The lowest BCUT2D eigenvalue weighted by Crippen LogP contribution is -2.26. The molecule has 6 nitrogen and oxygen atoms in total. The molecule has 1 amide bonds. The lowest BCUT2D eigenvalue weighted by Gasteiger charge is -2.15. The smallest absolute Gasteiger partial charge is 0.276 e. The monoisotopic (exact) mass is 422 g/mol. The molecule has 0 unspecified atom stereocenters. The maximum Gasteiger partial charge on any atom is 0.276 e. The van der Waals surface area contributed by atoms with E-state index in [9.17, 15) is 9.59 Å². The molecule has 0 aliphatic heterocycles. The molecule has 5 aromatic rings. The second kappa shape index (κ2) is 8.15. The van der Waals surface area contributed by atoms with Crippen molar-refractivity contribution in [3.05, 3.63) is 118 Å². The summed E-state index contributed by atoms with van der Waals surface area (Å²) in [5.74, 6) is -0.133. The van der Waals surface area contributed by atoms with Crippen LogP contribution in [-0.4, -0.2) is 19.9 Å². The Hall–Kier alpha value is -4.19. The van der Waals surface area contributed by atoms with Crippen LogP contribution in [0.25, 0.3) is 16.7 Å². The molecule has 0 bridgehead atoms. The fraction of sp³-hybridized carbons (Fsp3) is 0.115. The SMILES string of the molecule is C[C@@H](NC(=O)c1ccc(Cn2c(=O)c3cccn3c3cccnc32)cc1)c1ccccc1. The van der Waals surface area contributed by atoms with Crippen LogP contribution in [0, 0.1) is 0 Å². The summed E-state index contributed by atoms with van der Waals surface area (Å²) in [6, 6.07) is 24.6. The lowest BCUT2D eigenvalue weighted by molar-refractivity contribution is 0.0940. The molecule has 0 aliphatic carbocycles. The summed E-state index contributed by atoms with van der Waals surface area (Å²) in [6.45, 7) is 2.33. The van der Waals surface area contributed by atoms with Crippen molar-refractivity contribution in [1.82, 2.24) is 19.3 Å². The van der Waals surface area contributed by atoms with Gasteiger partial charge in [-0.25, -0.2) is 4.98 Å². The molecular weight excluding hydrogens is 400 g/mol. The number of hydrogen-bond acceptors (Lipinski definition) is 3. The van der Waals surface area contributed by atoms with Crippen molar-refractivity contribution >= 4 is 22.6 Å². The number of hydrogen-bond donors (Lipinski definition) is 1. The first kappa shape index (κ1) is 19.8. The lowest BCUT2D eigenvalue weighted by atomic mass is 10.1. The minimum Gasteiger partial charge on any atom is -0.346 e. The summed E-state index contributed by atoms with van der Waals surface area (Å²) < 4.78 is 3.54. The third kappa shape index (κ3) is 3.56. The largest absolute Gasteiger partial charge is 0.346 e. The van der Waals surface area contributed by atoms with Crippen LogP contribution in [0.5, 0.6) is 0 Å². The number of carbonyl (C=O) groups is 1. The second-order valence-electron chi connectivity index (χ2n) is 7.80. The third-order valence-corrected chi connectivity index (χ3v) is 5.70.